The SMILES string of the molecule is CCCCCCCCCC(F)C(F)CCC(C)CCOc1cnc2ccccc2n1. The first-order chi connectivity index (χ1) is 14.6. The molecule has 0 aliphatic carbocycles. The van der Waals surface area contributed by atoms with Crippen LogP contribution in [-0.4, -0.2) is 28.9 Å². The number of alkyl halides is 2. The Labute approximate surface area is 180 Å². The lowest BCUT2D eigenvalue weighted by Gasteiger charge is -2.16. The smallest absolute Gasteiger partial charge is 0.232 e. The summed E-state index contributed by atoms with van der Waals surface area (Å²) in [6.45, 7) is 4.76. The number of para-hydroxylation sites is 2. The van der Waals surface area contributed by atoms with Crippen molar-refractivity contribution in [3.8, 4) is 5.88 Å². The van der Waals surface area contributed by atoms with Gasteiger partial charge in [-0.15, -0.1) is 0 Å². The first kappa shape index (κ1) is 24.5. The zero-order valence-corrected chi connectivity index (χ0v) is 18.7. The molecule has 168 valence electrons. The second kappa shape index (κ2) is 14.3. The average molecular weight is 421 g/mol. The van der Waals surface area contributed by atoms with E-state index in [1.54, 1.807) is 6.20 Å². The predicted octanol–water partition coefficient (Wildman–Crippen LogP) is 7.63. The number of aromatic nitrogens is 2. The summed E-state index contributed by atoms with van der Waals surface area (Å²) in [5.41, 5.74) is 1.64. The van der Waals surface area contributed by atoms with Crippen molar-refractivity contribution in [2.75, 3.05) is 6.61 Å². The van der Waals surface area contributed by atoms with Crippen molar-refractivity contribution in [2.24, 2.45) is 5.92 Å². The zero-order valence-electron chi connectivity index (χ0n) is 18.7. The minimum Gasteiger partial charge on any atom is -0.477 e. The number of nitrogens with zero attached hydrogens (tertiary/aromatic N) is 2. The second-order valence-electron chi connectivity index (χ2n) is 8.46. The summed E-state index contributed by atoms with van der Waals surface area (Å²) in [5, 5.41) is 0. The highest BCUT2D eigenvalue weighted by Gasteiger charge is 2.20. The summed E-state index contributed by atoms with van der Waals surface area (Å²) in [7, 11) is 0. The maximum Gasteiger partial charge on any atom is 0.232 e. The van der Waals surface area contributed by atoms with Gasteiger partial charge in [-0.1, -0.05) is 70.9 Å². The van der Waals surface area contributed by atoms with Crippen LogP contribution in [0.5, 0.6) is 5.88 Å². The monoisotopic (exact) mass is 420 g/mol. The van der Waals surface area contributed by atoms with Crippen LogP contribution in [0.15, 0.2) is 30.5 Å². The van der Waals surface area contributed by atoms with E-state index in [1.165, 1.54) is 25.7 Å². The summed E-state index contributed by atoms with van der Waals surface area (Å²) in [6, 6.07) is 7.66. The molecule has 0 amide bonds. The van der Waals surface area contributed by atoms with Gasteiger partial charge in [0.25, 0.3) is 0 Å². The molecule has 5 heteroatoms. The van der Waals surface area contributed by atoms with Crippen molar-refractivity contribution in [3.63, 3.8) is 0 Å². The van der Waals surface area contributed by atoms with E-state index in [2.05, 4.69) is 23.8 Å². The van der Waals surface area contributed by atoms with E-state index in [9.17, 15) is 8.78 Å². The Balaban J connectivity index is 1.55. The molecule has 3 nitrogen and oxygen atoms in total. The molecular weight excluding hydrogens is 382 g/mol. The fourth-order valence-corrected chi connectivity index (χ4v) is 3.62. The molecule has 0 N–H and O–H groups in total. The molecule has 0 bridgehead atoms. The lowest BCUT2D eigenvalue weighted by Crippen LogP contribution is -2.18. The van der Waals surface area contributed by atoms with E-state index < -0.39 is 12.3 Å². The van der Waals surface area contributed by atoms with Gasteiger partial charge in [0.2, 0.25) is 5.88 Å². The van der Waals surface area contributed by atoms with Gasteiger partial charge in [0.15, 0.2) is 0 Å². The van der Waals surface area contributed by atoms with Gasteiger partial charge >= 0.3 is 0 Å². The molecule has 1 aromatic carbocycles. The van der Waals surface area contributed by atoms with Crippen molar-refractivity contribution in [1.29, 1.82) is 0 Å². The Morgan fingerprint density at radius 3 is 2.27 bits per heavy atom. The molecule has 0 saturated heterocycles. The molecule has 2 aromatic rings. The normalized spacial score (nSPS) is 14.5. The van der Waals surface area contributed by atoms with Gasteiger partial charge in [-0.2, -0.15) is 0 Å². The molecule has 1 aromatic heterocycles. The zero-order chi connectivity index (χ0) is 21.6. The number of halogens is 2. The summed E-state index contributed by atoms with van der Waals surface area (Å²) < 4.78 is 33.9. The highest BCUT2D eigenvalue weighted by molar-refractivity contribution is 5.73. The molecule has 3 unspecified atom stereocenters. The second-order valence-corrected chi connectivity index (χ2v) is 8.46. The number of benzene rings is 1. The van der Waals surface area contributed by atoms with Crippen molar-refractivity contribution >= 4 is 11.0 Å². The Morgan fingerprint density at radius 2 is 1.50 bits per heavy atom. The third-order valence-corrected chi connectivity index (χ3v) is 5.70. The van der Waals surface area contributed by atoms with Crippen molar-refractivity contribution in [3.05, 3.63) is 30.5 Å². The van der Waals surface area contributed by atoms with Crippen molar-refractivity contribution in [2.45, 2.75) is 96.8 Å². The highest BCUT2D eigenvalue weighted by Crippen LogP contribution is 2.21. The van der Waals surface area contributed by atoms with Crippen LogP contribution in [0.4, 0.5) is 8.78 Å². The van der Waals surface area contributed by atoms with Gasteiger partial charge in [0, 0.05) is 0 Å². The molecule has 0 fully saturated rings. The van der Waals surface area contributed by atoms with Crippen LogP contribution in [0.3, 0.4) is 0 Å². The molecule has 0 radical (unpaired) electrons. The van der Waals surface area contributed by atoms with E-state index in [4.69, 9.17) is 4.74 Å². The maximum atomic E-state index is 14.1. The number of fused-ring (bicyclic) bond motifs is 1. The van der Waals surface area contributed by atoms with Crippen LogP contribution in [0, 0.1) is 5.92 Å². The number of hydrogen-bond donors (Lipinski definition) is 0. The van der Waals surface area contributed by atoms with Crippen LogP contribution in [0.2, 0.25) is 0 Å². The van der Waals surface area contributed by atoms with Crippen LogP contribution in [0.1, 0.15) is 84.5 Å². The summed E-state index contributed by atoms with van der Waals surface area (Å²) in [5.74, 6) is 0.783. The first-order valence-corrected chi connectivity index (χ1v) is 11.7. The Hall–Kier alpha value is -1.78. The van der Waals surface area contributed by atoms with Crippen LogP contribution >= 0.6 is 0 Å². The van der Waals surface area contributed by atoms with E-state index in [1.807, 2.05) is 24.3 Å². The summed E-state index contributed by atoms with van der Waals surface area (Å²) >= 11 is 0. The average Bonchev–Trinajstić information content (AvgIpc) is 2.76. The van der Waals surface area contributed by atoms with Crippen LogP contribution in [0.25, 0.3) is 11.0 Å². The highest BCUT2D eigenvalue weighted by atomic mass is 19.2. The van der Waals surface area contributed by atoms with Crippen molar-refractivity contribution in [1.82, 2.24) is 9.97 Å². The van der Waals surface area contributed by atoms with Crippen LogP contribution < -0.4 is 4.74 Å². The maximum absolute atomic E-state index is 14.1. The van der Waals surface area contributed by atoms with Gasteiger partial charge in [-0.05, 0) is 43.7 Å². The van der Waals surface area contributed by atoms with Crippen LogP contribution in [-0.2, 0) is 0 Å². The summed E-state index contributed by atoms with van der Waals surface area (Å²) in [4.78, 5) is 8.76. The minimum atomic E-state index is -1.35. The molecule has 2 rings (SSSR count). The fraction of sp³-hybridized carbons (Fsp3) is 0.680. The molecule has 0 spiro atoms. The number of rotatable bonds is 16. The quantitative estimate of drug-likeness (QED) is 0.262. The van der Waals surface area contributed by atoms with E-state index in [-0.39, 0.29) is 12.3 Å². The lowest BCUT2D eigenvalue weighted by molar-refractivity contribution is 0.137. The molecular formula is C25H38F2N2O. The Bertz CT molecular complexity index is 712. The molecule has 30 heavy (non-hydrogen) atoms. The largest absolute Gasteiger partial charge is 0.477 e. The van der Waals surface area contributed by atoms with Crippen molar-refractivity contribution < 1.29 is 13.5 Å². The van der Waals surface area contributed by atoms with Gasteiger partial charge in [0.05, 0.1) is 23.8 Å². The first-order valence-electron chi connectivity index (χ1n) is 11.7. The number of ether oxygens (including phenoxy) is 1. The predicted molar refractivity (Wildman–Crippen MR) is 120 cm³/mol. The van der Waals surface area contributed by atoms with Gasteiger partial charge < -0.3 is 4.74 Å². The third kappa shape index (κ3) is 9.36. The van der Waals surface area contributed by atoms with E-state index in [0.29, 0.717) is 25.3 Å². The molecule has 0 saturated carbocycles. The van der Waals surface area contributed by atoms with Gasteiger partial charge in [-0.3, -0.25) is 0 Å². The molecule has 0 aliphatic heterocycles. The third-order valence-electron chi connectivity index (χ3n) is 5.70. The number of unbranched alkanes of at least 4 members (excludes halogenated alkanes) is 6. The van der Waals surface area contributed by atoms with E-state index in [0.717, 1.165) is 36.7 Å². The number of hydrogen-bond acceptors (Lipinski definition) is 3. The molecule has 0 aliphatic rings. The van der Waals surface area contributed by atoms with E-state index >= 15 is 0 Å². The lowest BCUT2D eigenvalue weighted by atomic mass is 9.97. The molecule has 1 heterocycles. The fourth-order valence-electron chi connectivity index (χ4n) is 3.62. The van der Waals surface area contributed by atoms with Gasteiger partial charge in [-0.25, -0.2) is 18.7 Å². The van der Waals surface area contributed by atoms with Gasteiger partial charge in [0.1, 0.15) is 12.3 Å². The molecule has 3 atom stereocenters. The standard InChI is InChI=1S/C25H38F2N2O/c1-3-4-5-6-7-8-9-12-21(26)22(27)16-15-20(2)17-18-30-25-19-28-23-13-10-11-14-24(23)29-25/h10-11,13-14,19-22H,3-9,12,15-18H2,1-2H3. The Kier molecular flexibility index (Phi) is 11.6. The Morgan fingerprint density at radius 1 is 0.833 bits per heavy atom. The summed E-state index contributed by atoms with van der Waals surface area (Å²) in [6.07, 6.45) is 9.00. The topological polar surface area (TPSA) is 35.0 Å². The minimum absolute atomic E-state index is 0.280.